The summed E-state index contributed by atoms with van der Waals surface area (Å²) >= 11 is 0. The molecule has 0 aromatic heterocycles. The maximum absolute atomic E-state index is 9.89. The van der Waals surface area contributed by atoms with Crippen LogP contribution in [-0.2, 0) is 0 Å². The Morgan fingerprint density at radius 3 is 2.67 bits per heavy atom. The van der Waals surface area contributed by atoms with Crippen molar-refractivity contribution < 1.29 is 10.2 Å². The van der Waals surface area contributed by atoms with Crippen LogP contribution in [-0.4, -0.2) is 27.1 Å². The second-order valence-corrected chi connectivity index (χ2v) is 1.50. The number of rotatable bonds is 1. The molecule has 0 aromatic rings. The number of hydrazine groups is 2. The quantitative estimate of drug-likeness (QED) is 0.387. The van der Waals surface area contributed by atoms with E-state index < -0.39 is 5.03 Å². The summed E-state index contributed by atoms with van der Waals surface area (Å²) in [5, 5.41) is 18.8. The molecule has 0 bridgehead atoms. The molecule has 0 unspecified atom stereocenters. The molecule has 1 rings (SSSR count). The number of hydroxylamine groups is 1. The van der Waals surface area contributed by atoms with Crippen molar-refractivity contribution >= 4 is 0 Å². The predicted octanol–water partition coefficient (Wildman–Crippen LogP) is -0.386. The SMILES string of the molecule is O=[N+]([O-])N1C=CCN1O. The highest BCUT2D eigenvalue weighted by Crippen LogP contribution is 2.02. The van der Waals surface area contributed by atoms with Gasteiger partial charge in [-0.2, -0.15) is 0 Å². The summed E-state index contributed by atoms with van der Waals surface area (Å²) in [5.74, 6) is 0. The largest absolute Gasteiger partial charge is 0.290 e. The highest BCUT2D eigenvalue weighted by Gasteiger charge is 2.22. The summed E-state index contributed by atoms with van der Waals surface area (Å²) < 4.78 is 0. The standard InChI is InChI=1S/C3H5N3O3/c7-5-3-1-2-4(5)6(8)9/h1-2,7H,3H2. The third-order valence-electron chi connectivity index (χ3n) is 0.911. The van der Waals surface area contributed by atoms with Crippen molar-refractivity contribution in [2.24, 2.45) is 0 Å². The second-order valence-electron chi connectivity index (χ2n) is 1.50. The van der Waals surface area contributed by atoms with Crippen molar-refractivity contribution in [1.82, 2.24) is 10.3 Å². The van der Waals surface area contributed by atoms with Gasteiger partial charge in [-0.15, -0.1) is 0 Å². The average Bonchev–Trinajstić information content (AvgIpc) is 2.13. The molecule has 50 valence electrons. The van der Waals surface area contributed by atoms with E-state index in [1.54, 1.807) is 0 Å². The molecule has 6 heteroatoms. The Labute approximate surface area is 50.6 Å². The zero-order valence-corrected chi connectivity index (χ0v) is 4.47. The molecule has 0 aliphatic carbocycles. The molecular formula is C3H5N3O3. The highest BCUT2D eigenvalue weighted by molar-refractivity contribution is 4.84. The minimum absolute atomic E-state index is 0.168. The minimum Gasteiger partial charge on any atom is -0.290 e. The Kier molecular flexibility index (Phi) is 1.33. The van der Waals surface area contributed by atoms with Gasteiger partial charge in [0.2, 0.25) is 0 Å². The number of hydrogen-bond acceptors (Lipinski definition) is 4. The molecule has 0 radical (unpaired) electrons. The molecule has 0 fully saturated rings. The van der Waals surface area contributed by atoms with Crippen LogP contribution in [0.25, 0.3) is 0 Å². The first-order chi connectivity index (χ1) is 4.22. The van der Waals surface area contributed by atoms with E-state index in [1.807, 2.05) is 0 Å². The van der Waals surface area contributed by atoms with Crippen molar-refractivity contribution in [3.8, 4) is 0 Å². The molecule has 1 aliphatic heterocycles. The molecule has 0 atom stereocenters. The fraction of sp³-hybridized carbons (Fsp3) is 0.333. The monoisotopic (exact) mass is 131 g/mol. The number of hydrogen-bond donors (Lipinski definition) is 1. The van der Waals surface area contributed by atoms with Crippen molar-refractivity contribution in [3.05, 3.63) is 22.4 Å². The van der Waals surface area contributed by atoms with E-state index in [0.29, 0.717) is 10.3 Å². The lowest BCUT2D eigenvalue weighted by atomic mass is 10.7. The molecule has 1 aliphatic rings. The number of nitro groups is 1. The van der Waals surface area contributed by atoms with Gasteiger partial charge in [-0.05, 0) is 16.4 Å². The molecule has 0 saturated carbocycles. The van der Waals surface area contributed by atoms with Crippen molar-refractivity contribution in [2.75, 3.05) is 6.54 Å². The van der Waals surface area contributed by atoms with Crippen LogP contribution in [0.1, 0.15) is 0 Å². The fourth-order valence-corrected chi connectivity index (χ4v) is 0.535. The van der Waals surface area contributed by atoms with Crippen LogP contribution in [0.2, 0.25) is 0 Å². The molecular weight excluding hydrogens is 126 g/mol. The van der Waals surface area contributed by atoms with E-state index in [2.05, 4.69) is 0 Å². The molecule has 0 spiro atoms. The van der Waals surface area contributed by atoms with E-state index in [4.69, 9.17) is 5.21 Å². The lowest BCUT2D eigenvalue weighted by molar-refractivity contribution is -0.703. The van der Waals surface area contributed by atoms with E-state index in [-0.39, 0.29) is 6.54 Å². The Balaban J connectivity index is 2.59. The number of nitrogens with zero attached hydrogens (tertiary/aromatic N) is 3. The predicted molar refractivity (Wildman–Crippen MR) is 26.5 cm³/mol. The van der Waals surface area contributed by atoms with Gasteiger partial charge in [0.1, 0.15) is 0 Å². The molecule has 0 saturated heterocycles. The summed E-state index contributed by atoms with van der Waals surface area (Å²) in [6, 6.07) is 0. The second kappa shape index (κ2) is 2.00. The molecule has 1 heterocycles. The third kappa shape index (κ3) is 0.980. The minimum atomic E-state index is -0.719. The van der Waals surface area contributed by atoms with Crippen LogP contribution in [0.5, 0.6) is 0 Å². The zero-order valence-electron chi connectivity index (χ0n) is 4.47. The smallest absolute Gasteiger partial charge is 0.183 e. The van der Waals surface area contributed by atoms with Gasteiger partial charge in [0.05, 0.1) is 12.7 Å². The van der Waals surface area contributed by atoms with E-state index in [1.165, 1.54) is 12.3 Å². The van der Waals surface area contributed by atoms with Gasteiger partial charge >= 0.3 is 0 Å². The highest BCUT2D eigenvalue weighted by atomic mass is 16.7. The van der Waals surface area contributed by atoms with Gasteiger partial charge in [0.15, 0.2) is 5.03 Å². The summed E-state index contributed by atoms with van der Waals surface area (Å²) in [4.78, 5) is 9.89. The van der Waals surface area contributed by atoms with Gasteiger partial charge in [-0.3, -0.25) is 5.21 Å². The van der Waals surface area contributed by atoms with Crippen molar-refractivity contribution in [1.29, 1.82) is 0 Å². The lowest BCUT2D eigenvalue weighted by Gasteiger charge is -2.10. The van der Waals surface area contributed by atoms with Gasteiger partial charge in [-0.1, -0.05) is 0 Å². The van der Waals surface area contributed by atoms with Crippen LogP contribution in [0.4, 0.5) is 0 Å². The van der Waals surface area contributed by atoms with E-state index >= 15 is 0 Å². The Morgan fingerprint density at radius 2 is 2.44 bits per heavy atom. The maximum atomic E-state index is 9.89. The lowest BCUT2D eigenvalue weighted by Crippen LogP contribution is -2.36. The fourth-order valence-electron chi connectivity index (χ4n) is 0.535. The molecule has 9 heavy (non-hydrogen) atoms. The summed E-state index contributed by atoms with van der Waals surface area (Å²) in [5.41, 5.74) is 0. The van der Waals surface area contributed by atoms with Crippen LogP contribution in [0, 0.1) is 10.1 Å². The van der Waals surface area contributed by atoms with Crippen molar-refractivity contribution in [2.45, 2.75) is 0 Å². The summed E-state index contributed by atoms with van der Waals surface area (Å²) in [7, 11) is 0. The Hall–Kier alpha value is -1.14. The average molecular weight is 131 g/mol. The topological polar surface area (TPSA) is 69.9 Å². The summed E-state index contributed by atoms with van der Waals surface area (Å²) in [6.07, 6.45) is 2.66. The molecule has 1 N–H and O–H groups in total. The molecule has 0 amide bonds. The molecule has 0 aromatic carbocycles. The van der Waals surface area contributed by atoms with Gasteiger partial charge < -0.3 is 0 Å². The maximum Gasteiger partial charge on any atom is 0.183 e. The Bertz CT molecular complexity index is 156. The first-order valence-corrected chi connectivity index (χ1v) is 2.28. The van der Waals surface area contributed by atoms with Gasteiger partial charge in [-0.25, -0.2) is 10.1 Å². The van der Waals surface area contributed by atoms with E-state index in [9.17, 15) is 10.1 Å². The van der Waals surface area contributed by atoms with Crippen LogP contribution in [0.15, 0.2) is 12.3 Å². The molecule has 6 nitrogen and oxygen atoms in total. The van der Waals surface area contributed by atoms with Crippen LogP contribution in [0.3, 0.4) is 0 Å². The zero-order chi connectivity index (χ0) is 6.85. The first-order valence-electron chi connectivity index (χ1n) is 2.28. The third-order valence-corrected chi connectivity index (χ3v) is 0.911. The van der Waals surface area contributed by atoms with Gasteiger partial charge in [0, 0.05) is 0 Å². The van der Waals surface area contributed by atoms with Crippen LogP contribution >= 0.6 is 0 Å². The summed E-state index contributed by atoms with van der Waals surface area (Å²) in [6.45, 7) is 0.168. The van der Waals surface area contributed by atoms with E-state index in [0.717, 1.165) is 0 Å². The first kappa shape index (κ1) is 5.99. The van der Waals surface area contributed by atoms with Crippen LogP contribution < -0.4 is 0 Å². The van der Waals surface area contributed by atoms with Gasteiger partial charge in [0.25, 0.3) is 0 Å². The normalized spacial score (nSPS) is 19.0. The Morgan fingerprint density at radius 1 is 1.78 bits per heavy atom. The van der Waals surface area contributed by atoms with Crippen molar-refractivity contribution in [3.63, 3.8) is 0 Å².